The Balaban J connectivity index is 2.09. The maximum Gasteiger partial charge on any atom is 0.313 e. The molecule has 2 heterocycles. The normalized spacial score (nSPS) is 11.1. The van der Waals surface area contributed by atoms with Gasteiger partial charge in [-0.25, -0.2) is 4.98 Å². The average molecular weight is 270 g/mol. The molecule has 102 valence electrons. The highest BCUT2D eigenvalue weighted by molar-refractivity contribution is 6.03. The molecular formula is C14H14N4O2. The second-order valence-corrected chi connectivity index (χ2v) is 4.46. The van der Waals surface area contributed by atoms with Gasteiger partial charge in [0.15, 0.2) is 11.5 Å². The van der Waals surface area contributed by atoms with E-state index in [9.17, 15) is 4.79 Å². The van der Waals surface area contributed by atoms with E-state index in [0.29, 0.717) is 12.4 Å². The van der Waals surface area contributed by atoms with E-state index in [1.165, 1.54) is 0 Å². The van der Waals surface area contributed by atoms with Crippen LogP contribution in [0.4, 0.5) is 0 Å². The maximum absolute atomic E-state index is 11.5. The molecule has 6 nitrogen and oxygen atoms in total. The Morgan fingerprint density at radius 3 is 2.90 bits per heavy atom. The zero-order valence-electron chi connectivity index (χ0n) is 11.3. The van der Waals surface area contributed by atoms with Crippen molar-refractivity contribution in [3.63, 3.8) is 0 Å². The van der Waals surface area contributed by atoms with Crippen LogP contribution in [0.2, 0.25) is 0 Å². The lowest BCUT2D eigenvalue weighted by atomic mass is 10.2. The number of hydrogen-bond acceptors (Lipinski definition) is 5. The van der Waals surface area contributed by atoms with Crippen LogP contribution in [-0.2, 0) is 23.0 Å². The summed E-state index contributed by atoms with van der Waals surface area (Å²) in [5, 5.41) is 9.23. The van der Waals surface area contributed by atoms with E-state index >= 15 is 0 Å². The van der Waals surface area contributed by atoms with Crippen LogP contribution in [0, 0.1) is 0 Å². The molecule has 3 rings (SSSR count). The molecule has 0 radical (unpaired) electrons. The van der Waals surface area contributed by atoms with E-state index < -0.39 is 0 Å². The van der Waals surface area contributed by atoms with E-state index in [1.807, 2.05) is 35.9 Å². The summed E-state index contributed by atoms with van der Waals surface area (Å²) in [4.78, 5) is 15.9. The second-order valence-electron chi connectivity index (χ2n) is 4.46. The fourth-order valence-corrected chi connectivity index (χ4v) is 2.25. The summed E-state index contributed by atoms with van der Waals surface area (Å²) in [6.45, 7) is 2.12. The largest absolute Gasteiger partial charge is 0.466 e. The van der Waals surface area contributed by atoms with E-state index in [-0.39, 0.29) is 12.4 Å². The number of rotatable bonds is 3. The summed E-state index contributed by atoms with van der Waals surface area (Å²) in [5.41, 5.74) is 2.51. The number of carbonyl (C=O) groups excluding carboxylic acids is 1. The molecule has 0 atom stereocenters. The van der Waals surface area contributed by atoms with Crippen molar-refractivity contribution in [3.8, 4) is 0 Å². The molecule has 0 saturated heterocycles. The first-order chi connectivity index (χ1) is 9.70. The summed E-state index contributed by atoms with van der Waals surface area (Å²) in [6, 6.07) is 7.91. The van der Waals surface area contributed by atoms with Crippen LogP contribution in [0.25, 0.3) is 22.1 Å². The number of benzene rings is 1. The Hall–Kier alpha value is -2.50. The fraction of sp³-hybridized carbons (Fsp3) is 0.286. The molecule has 20 heavy (non-hydrogen) atoms. The molecule has 0 aliphatic heterocycles. The lowest BCUT2D eigenvalue weighted by molar-refractivity contribution is -0.142. The standard InChI is InChI=1S/C14H14N4O2/c1-3-20-12(19)8-11-15-14-13(17-16-11)9-6-4-5-7-10(9)18(14)2/h4-7H,3,8H2,1-2H3. The van der Waals surface area contributed by atoms with Gasteiger partial charge in [-0.3, -0.25) is 4.79 Å². The third-order valence-corrected chi connectivity index (χ3v) is 3.16. The molecule has 0 fully saturated rings. The summed E-state index contributed by atoms with van der Waals surface area (Å²) < 4.78 is 6.85. The van der Waals surface area contributed by atoms with Gasteiger partial charge in [0.25, 0.3) is 0 Å². The second kappa shape index (κ2) is 4.88. The molecule has 0 bridgehead atoms. The smallest absolute Gasteiger partial charge is 0.313 e. The molecule has 0 amide bonds. The van der Waals surface area contributed by atoms with Gasteiger partial charge in [-0.05, 0) is 13.0 Å². The number of carbonyl (C=O) groups is 1. The number of ether oxygens (including phenoxy) is 1. The van der Waals surface area contributed by atoms with Gasteiger partial charge < -0.3 is 9.30 Å². The van der Waals surface area contributed by atoms with Crippen molar-refractivity contribution in [1.29, 1.82) is 0 Å². The number of aromatic nitrogens is 4. The summed E-state index contributed by atoms with van der Waals surface area (Å²) >= 11 is 0. The zero-order chi connectivity index (χ0) is 14.1. The first-order valence-electron chi connectivity index (χ1n) is 6.43. The molecule has 0 spiro atoms. The Morgan fingerprint density at radius 1 is 1.30 bits per heavy atom. The van der Waals surface area contributed by atoms with Crippen LogP contribution in [0.15, 0.2) is 24.3 Å². The molecule has 0 N–H and O–H groups in total. The van der Waals surface area contributed by atoms with Gasteiger partial charge >= 0.3 is 5.97 Å². The molecule has 2 aromatic heterocycles. The molecular weight excluding hydrogens is 256 g/mol. The van der Waals surface area contributed by atoms with Crippen LogP contribution in [0.1, 0.15) is 12.7 Å². The van der Waals surface area contributed by atoms with E-state index in [2.05, 4.69) is 15.2 Å². The van der Waals surface area contributed by atoms with E-state index in [1.54, 1.807) is 6.92 Å². The van der Waals surface area contributed by atoms with Gasteiger partial charge in [0.2, 0.25) is 0 Å². The topological polar surface area (TPSA) is 69.9 Å². The molecule has 0 aliphatic rings. The first kappa shape index (κ1) is 12.5. The Morgan fingerprint density at radius 2 is 2.10 bits per heavy atom. The highest BCUT2D eigenvalue weighted by atomic mass is 16.5. The Bertz CT molecular complexity index is 794. The van der Waals surface area contributed by atoms with Gasteiger partial charge in [0.1, 0.15) is 11.9 Å². The quantitative estimate of drug-likeness (QED) is 0.676. The van der Waals surface area contributed by atoms with Crippen LogP contribution >= 0.6 is 0 Å². The van der Waals surface area contributed by atoms with Crippen molar-refractivity contribution in [2.75, 3.05) is 6.61 Å². The minimum atomic E-state index is -0.340. The van der Waals surface area contributed by atoms with Gasteiger partial charge in [-0.1, -0.05) is 18.2 Å². The van der Waals surface area contributed by atoms with E-state index in [0.717, 1.165) is 22.1 Å². The number of fused-ring (bicyclic) bond motifs is 3. The molecule has 0 aliphatic carbocycles. The Kier molecular flexibility index (Phi) is 3.06. The third-order valence-electron chi connectivity index (χ3n) is 3.16. The molecule has 0 unspecified atom stereocenters. The lowest BCUT2D eigenvalue weighted by Crippen LogP contribution is -2.11. The highest BCUT2D eigenvalue weighted by Crippen LogP contribution is 2.24. The van der Waals surface area contributed by atoms with Gasteiger partial charge in [-0.2, -0.15) is 0 Å². The Labute approximate surface area is 115 Å². The van der Waals surface area contributed by atoms with Gasteiger partial charge in [-0.15, -0.1) is 10.2 Å². The monoisotopic (exact) mass is 270 g/mol. The number of nitrogens with zero attached hydrogens (tertiary/aromatic N) is 4. The van der Waals surface area contributed by atoms with Crippen molar-refractivity contribution in [2.45, 2.75) is 13.3 Å². The highest BCUT2D eigenvalue weighted by Gasteiger charge is 2.14. The number of para-hydroxylation sites is 1. The number of aryl methyl sites for hydroxylation is 1. The number of esters is 1. The van der Waals surface area contributed by atoms with Crippen molar-refractivity contribution < 1.29 is 9.53 Å². The van der Waals surface area contributed by atoms with Gasteiger partial charge in [0.05, 0.1) is 12.1 Å². The minimum Gasteiger partial charge on any atom is -0.466 e. The van der Waals surface area contributed by atoms with Crippen molar-refractivity contribution in [1.82, 2.24) is 19.7 Å². The van der Waals surface area contributed by atoms with Gasteiger partial charge in [0, 0.05) is 12.4 Å². The van der Waals surface area contributed by atoms with Crippen molar-refractivity contribution in [2.24, 2.45) is 7.05 Å². The number of hydrogen-bond donors (Lipinski definition) is 0. The zero-order valence-corrected chi connectivity index (χ0v) is 11.3. The van der Waals surface area contributed by atoms with Crippen molar-refractivity contribution in [3.05, 3.63) is 30.1 Å². The molecule has 1 aromatic carbocycles. The molecule has 0 saturated carbocycles. The lowest BCUT2D eigenvalue weighted by Gasteiger charge is -2.01. The minimum absolute atomic E-state index is 0.0400. The van der Waals surface area contributed by atoms with Crippen molar-refractivity contribution >= 4 is 28.0 Å². The molecule has 3 aromatic rings. The predicted molar refractivity (Wildman–Crippen MR) is 74.1 cm³/mol. The third kappa shape index (κ3) is 1.99. The fourth-order valence-electron chi connectivity index (χ4n) is 2.25. The van der Waals surface area contributed by atoms with E-state index in [4.69, 9.17) is 4.74 Å². The van der Waals surface area contributed by atoms with Crippen LogP contribution in [0.5, 0.6) is 0 Å². The predicted octanol–water partition coefficient (Wildman–Crippen LogP) is 1.62. The van der Waals surface area contributed by atoms with Crippen LogP contribution in [-0.4, -0.2) is 32.3 Å². The summed E-state index contributed by atoms with van der Waals surface area (Å²) in [5.74, 6) is 0.0364. The average Bonchev–Trinajstić information content (AvgIpc) is 2.73. The summed E-state index contributed by atoms with van der Waals surface area (Å²) in [7, 11) is 1.92. The van der Waals surface area contributed by atoms with Crippen LogP contribution < -0.4 is 0 Å². The SMILES string of the molecule is CCOC(=O)Cc1nnc2c3ccccc3n(C)c2n1. The molecule has 6 heteroatoms. The van der Waals surface area contributed by atoms with Crippen LogP contribution in [0.3, 0.4) is 0 Å². The first-order valence-corrected chi connectivity index (χ1v) is 6.43. The summed E-state index contributed by atoms with van der Waals surface area (Å²) in [6.07, 6.45) is 0.0400. The maximum atomic E-state index is 11.5.